The molecule has 2 N–H and O–H groups in total. The van der Waals surface area contributed by atoms with Gasteiger partial charge in [0.2, 0.25) is 0 Å². The Morgan fingerprint density at radius 1 is 1.35 bits per heavy atom. The van der Waals surface area contributed by atoms with Crippen molar-refractivity contribution in [3.05, 3.63) is 35.9 Å². The number of hydrogen-bond donors (Lipinski definition) is 1. The van der Waals surface area contributed by atoms with E-state index in [1.807, 2.05) is 44.2 Å². The lowest BCUT2D eigenvalue weighted by atomic mass is 10.1. The van der Waals surface area contributed by atoms with Gasteiger partial charge in [0.15, 0.2) is 0 Å². The second-order valence-corrected chi connectivity index (χ2v) is 3.95. The van der Waals surface area contributed by atoms with Gasteiger partial charge in [-0.3, -0.25) is 4.79 Å². The van der Waals surface area contributed by atoms with Crippen LogP contribution < -0.4 is 5.73 Å². The number of carbonyl (C=O) groups excluding carboxylic acids is 1. The van der Waals surface area contributed by atoms with Crippen molar-refractivity contribution in [2.45, 2.75) is 38.8 Å². The predicted octanol–water partition coefficient (Wildman–Crippen LogP) is 2.32. The van der Waals surface area contributed by atoms with Crippen LogP contribution in [-0.2, 0) is 16.0 Å². The third kappa shape index (κ3) is 5.71. The number of benzene rings is 1. The first-order chi connectivity index (χ1) is 7.63. The third-order valence-corrected chi connectivity index (χ3v) is 2.49. The smallest absolute Gasteiger partial charge is 0.323 e. The van der Waals surface area contributed by atoms with Crippen molar-refractivity contribution >= 4 is 18.4 Å². The van der Waals surface area contributed by atoms with Gasteiger partial charge in [0.05, 0.1) is 6.10 Å². The molecule has 0 aliphatic carbocycles. The first kappa shape index (κ1) is 15.9. The van der Waals surface area contributed by atoms with Gasteiger partial charge in [-0.15, -0.1) is 12.4 Å². The Bertz CT molecular complexity index is 329. The van der Waals surface area contributed by atoms with E-state index >= 15 is 0 Å². The molecule has 0 aliphatic rings. The van der Waals surface area contributed by atoms with Gasteiger partial charge < -0.3 is 10.5 Å². The zero-order chi connectivity index (χ0) is 12.0. The van der Waals surface area contributed by atoms with Gasteiger partial charge in [0.1, 0.15) is 6.04 Å². The number of carbonyl (C=O) groups is 1. The van der Waals surface area contributed by atoms with Crippen LogP contribution in [0.25, 0.3) is 0 Å². The molecule has 0 amide bonds. The highest BCUT2D eigenvalue weighted by Gasteiger charge is 2.17. The van der Waals surface area contributed by atoms with Crippen LogP contribution in [0.5, 0.6) is 0 Å². The van der Waals surface area contributed by atoms with Crippen LogP contribution in [0.4, 0.5) is 0 Å². The van der Waals surface area contributed by atoms with Gasteiger partial charge in [-0.05, 0) is 25.3 Å². The molecule has 0 bridgehead atoms. The van der Waals surface area contributed by atoms with E-state index in [1.165, 1.54) is 0 Å². The number of esters is 1. The summed E-state index contributed by atoms with van der Waals surface area (Å²) in [6.45, 7) is 3.84. The van der Waals surface area contributed by atoms with E-state index < -0.39 is 6.04 Å². The van der Waals surface area contributed by atoms with Gasteiger partial charge >= 0.3 is 5.97 Å². The topological polar surface area (TPSA) is 52.3 Å². The monoisotopic (exact) mass is 257 g/mol. The molecule has 0 spiro atoms. The second-order valence-electron chi connectivity index (χ2n) is 3.95. The number of hydrogen-bond acceptors (Lipinski definition) is 3. The Morgan fingerprint density at radius 2 is 1.94 bits per heavy atom. The first-order valence-electron chi connectivity index (χ1n) is 5.63. The van der Waals surface area contributed by atoms with Crippen LogP contribution in [0.3, 0.4) is 0 Å². The van der Waals surface area contributed by atoms with Gasteiger partial charge in [0, 0.05) is 0 Å². The molecular formula is C13H20ClNO2. The van der Waals surface area contributed by atoms with E-state index in [-0.39, 0.29) is 24.5 Å². The number of nitrogens with two attached hydrogens (primary N) is 1. The normalized spacial score (nSPS) is 13.4. The van der Waals surface area contributed by atoms with Crippen LogP contribution in [0.15, 0.2) is 30.3 Å². The lowest BCUT2D eigenvalue weighted by molar-refractivity contribution is -0.149. The van der Waals surface area contributed by atoms with E-state index in [0.717, 1.165) is 12.0 Å². The molecule has 1 aromatic rings. The van der Waals surface area contributed by atoms with Gasteiger partial charge in [-0.25, -0.2) is 0 Å². The SMILES string of the molecule is CCC(C)OC(=O)[C@@H](N)Cc1ccccc1.Cl. The Morgan fingerprint density at radius 3 is 2.47 bits per heavy atom. The Hall–Kier alpha value is -1.06. The molecule has 1 aromatic carbocycles. The van der Waals surface area contributed by atoms with E-state index in [0.29, 0.717) is 6.42 Å². The molecule has 0 aromatic heterocycles. The average Bonchev–Trinajstić information content (AvgIpc) is 2.30. The largest absolute Gasteiger partial charge is 0.462 e. The minimum absolute atomic E-state index is 0. The maximum atomic E-state index is 11.6. The Labute approximate surface area is 109 Å². The molecule has 4 heteroatoms. The molecule has 1 rings (SSSR count). The third-order valence-electron chi connectivity index (χ3n) is 2.49. The molecule has 0 saturated carbocycles. The zero-order valence-corrected chi connectivity index (χ0v) is 11.1. The summed E-state index contributed by atoms with van der Waals surface area (Å²) in [7, 11) is 0. The standard InChI is InChI=1S/C13H19NO2.ClH/c1-3-10(2)16-13(15)12(14)9-11-7-5-4-6-8-11;/h4-8,10,12H,3,9,14H2,1-2H3;1H/t10?,12-;/m0./s1. The molecule has 3 nitrogen and oxygen atoms in total. The molecular weight excluding hydrogens is 238 g/mol. The van der Waals surface area contributed by atoms with Crippen molar-refractivity contribution < 1.29 is 9.53 Å². The van der Waals surface area contributed by atoms with Crippen molar-refractivity contribution in [3.63, 3.8) is 0 Å². The molecule has 2 atom stereocenters. The summed E-state index contributed by atoms with van der Waals surface area (Å²) in [6, 6.07) is 9.14. The quantitative estimate of drug-likeness (QED) is 0.824. The molecule has 0 radical (unpaired) electrons. The fourth-order valence-electron chi connectivity index (χ4n) is 1.32. The second kappa shape index (κ2) is 8.09. The van der Waals surface area contributed by atoms with E-state index in [9.17, 15) is 4.79 Å². The highest BCUT2D eigenvalue weighted by Crippen LogP contribution is 2.05. The molecule has 0 aliphatic heterocycles. The molecule has 96 valence electrons. The van der Waals surface area contributed by atoms with Crippen molar-refractivity contribution in [1.82, 2.24) is 0 Å². The first-order valence-corrected chi connectivity index (χ1v) is 5.63. The van der Waals surface area contributed by atoms with Crippen LogP contribution in [0.1, 0.15) is 25.8 Å². The Kier molecular flexibility index (Phi) is 7.59. The summed E-state index contributed by atoms with van der Waals surface area (Å²) in [5.74, 6) is -0.321. The zero-order valence-electron chi connectivity index (χ0n) is 10.3. The van der Waals surface area contributed by atoms with E-state index in [2.05, 4.69) is 0 Å². The number of ether oxygens (including phenoxy) is 1. The average molecular weight is 258 g/mol. The van der Waals surface area contributed by atoms with Crippen LogP contribution in [0, 0.1) is 0 Å². The van der Waals surface area contributed by atoms with E-state index in [1.54, 1.807) is 0 Å². The van der Waals surface area contributed by atoms with Crippen LogP contribution >= 0.6 is 12.4 Å². The summed E-state index contributed by atoms with van der Waals surface area (Å²) in [4.78, 5) is 11.6. The van der Waals surface area contributed by atoms with Gasteiger partial charge in [0.25, 0.3) is 0 Å². The predicted molar refractivity (Wildman–Crippen MR) is 71.2 cm³/mol. The molecule has 1 unspecified atom stereocenters. The van der Waals surface area contributed by atoms with Gasteiger partial charge in [-0.2, -0.15) is 0 Å². The maximum Gasteiger partial charge on any atom is 0.323 e. The summed E-state index contributed by atoms with van der Waals surface area (Å²) in [6.07, 6.45) is 1.27. The summed E-state index contributed by atoms with van der Waals surface area (Å²) in [5, 5.41) is 0. The fraction of sp³-hybridized carbons (Fsp3) is 0.462. The van der Waals surface area contributed by atoms with Crippen molar-refractivity contribution in [3.8, 4) is 0 Å². The summed E-state index contributed by atoms with van der Waals surface area (Å²) < 4.78 is 5.17. The molecule has 17 heavy (non-hydrogen) atoms. The van der Waals surface area contributed by atoms with Crippen LogP contribution in [0.2, 0.25) is 0 Å². The fourth-order valence-corrected chi connectivity index (χ4v) is 1.32. The summed E-state index contributed by atoms with van der Waals surface area (Å²) >= 11 is 0. The van der Waals surface area contributed by atoms with Gasteiger partial charge in [-0.1, -0.05) is 37.3 Å². The highest BCUT2D eigenvalue weighted by atomic mass is 35.5. The van der Waals surface area contributed by atoms with Crippen molar-refractivity contribution in [1.29, 1.82) is 0 Å². The van der Waals surface area contributed by atoms with Crippen molar-refractivity contribution in [2.24, 2.45) is 5.73 Å². The number of rotatable bonds is 5. The van der Waals surface area contributed by atoms with Crippen molar-refractivity contribution in [2.75, 3.05) is 0 Å². The molecule has 0 heterocycles. The lowest BCUT2D eigenvalue weighted by Crippen LogP contribution is -2.36. The minimum Gasteiger partial charge on any atom is -0.462 e. The van der Waals surface area contributed by atoms with E-state index in [4.69, 9.17) is 10.5 Å². The summed E-state index contributed by atoms with van der Waals surface area (Å²) in [5.41, 5.74) is 6.83. The maximum absolute atomic E-state index is 11.6. The highest BCUT2D eigenvalue weighted by molar-refractivity contribution is 5.85. The lowest BCUT2D eigenvalue weighted by Gasteiger charge is -2.15. The minimum atomic E-state index is -0.573. The van der Waals surface area contributed by atoms with Crippen LogP contribution in [-0.4, -0.2) is 18.1 Å². The molecule has 0 fully saturated rings. The number of halogens is 1. The Balaban J connectivity index is 0.00000256. The molecule has 0 saturated heterocycles.